The van der Waals surface area contributed by atoms with E-state index < -0.39 is 12.1 Å². The van der Waals surface area contributed by atoms with Gasteiger partial charge in [-0.2, -0.15) is 0 Å². The minimum Gasteiger partial charge on any atom is -0.352 e. The van der Waals surface area contributed by atoms with Crippen molar-refractivity contribution in [3.8, 4) is 11.3 Å². The highest BCUT2D eigenvalue weighted by Crippen LogP contribution is 2.21. The van der Waals surface area contributed by atoms with Gasteiger partial charge in [0.05, 0.1) is 10.7 Å². The normalized spacial score (nSPS) is 16.4. The largest absolute Gasteiger partial charge is 0.352 e. The van der Waals surface area contributed by atoms with E-state index in [1.807, 2.05) is 36.6 Å². The molecule has 1 aliphatic rings. The number of amides is 4. The number of aromatic nitrogens is 1. The van der Waals surface area contributed by atoms with Gasteiger partial charge in [0.15, 0.2) is 0 Å². The van der Waals surface area contributed by atoms with Crippen molar-refractivity contribution in [1.29, 1.82) is 0 Å². The number of rotatable bonds is 6. The lowest BCUT2D eigenvalue weighted by molar-refractivity contribution is -0.122. The smallest absolute Gasteiger partial charge is 0.322 e. The number of urea groups is 1. The van der Waals surface area contributed by atoms with Crippen molar-refractivity contribution in [1.82, 2.24) is 20.9 Å². The average Bonchev–Trinajstić information content (AvgIpc) is 3.16. The number of thiazole rings is 1. The molecule has 0 bridgehead atoms. The first-order chi connectivity index (χ1) is 12.0. The number of imide groups is 1. The number of nitrogens with one attached hydrogen (secondary N) is 3. The first-order valence-corrected chi connectivity index (χ1v) is 8.79. The third-order valence-corrected chi connectivity index (χ3v) is 4.65. The molecule has 1 aromatic heterocycles. The highest BCUT2D eigenvalue weighted by atomic mass is 32.1. The Bertz CT molecular complexity index is 800. The molecule has 7 nitrogen and oxygen atoms in total. The summed E-state index contributed by atoms with van der Waals surface area (Å²) in [6.07, 6.45) is 0.458. The zero-order valence-electron chi connectivity index (χ0n) is 13.7. The van der Waals surface area contributed by atoms with Crippen LogP contribution in [0.15, 0.2) is 29.6 Å². The number of carbonyl (C=O) groups excluding carboxylic acids is 3. The van der Waals surface area contributed by atoms with Crippen molar-refractivity contribution in [3.63, 3.8) is 0 Å². The first kappa shape index (κ1) is 17.1. The molecule has 4 amide bonds. The van der Waals surface area contributed by atoms with Gasteiger partial charge in [0.25, 0.3) is 5.91 Å². The van der Waals surface area contributed by atoms with Gasteiger partial charge in [0, 0.05) is 23.9 Å². The Hall–Kier alpha value is -2.74. The summed E-state index contributed by atoms with van der Waals surface area (Å²) in [6.45, 7) is 2.39. The van der Waals surface area contributed by atoms with Gasteiger partial charge in [0.1, 0.15) is 6.04 Å². The van der Waals surface area contributed by atoms with Crippen molar-refractivity contribution in [2.75, 3.05) is 0 Å². The fraction of sp³-hybridized carbons (Fsp3) is 0.294. The molecular weight excluding hydrogens is 340 g/mol. The molecule has 0 radical (unpaired) electrons. The van der Waals surface area contributed by atoms with E-state index in [0.717, 1.165) is 21.8 Å². The third kappa shape index (κ3) is 4.42. The molecule has 0 aliphatic carbocycles. The van der Waals surface area contributed by atoms with Crippen molar-refractivity contribution in [2.45, 2.75) is 32.4 Å². The molecule has 2 aromatic rings. The molecule has 1 saturated heterocycles. The minimum absolute atomic E-state index is 0.159. The van der Waals surface area contributed by atoms with Crippen molar-refractivity contribution < 1.29 is 14.4 Å². The Morgan fingerprint density at radius 1 is 1.28 bits per heavy atom. The third-order valence-electron chi connectivity index (χ3n) is 3.88. The number of nitrogens with zero attached hydrogens (tertiary/aromatic N) is 1. The van der Waals surface area contributed by atoms with E-state index in [-0.39, 0.29) is 24.7 Å². The first-order valence-electron chi connectivity index (χ1n) is 7.91. The van der Waals surface area contributed by atoms with Crippen LogP contribution in [0.5, 0.6) is 0 Å². The molecular formula is C17H18N4O3S. The van der Waals surface area contributed by atoms with Crippen molar-refractivity contribution >= 4 is 29.2 Å². The Balaban J connectivity index is 1.46. The number of benzene rings is 1. The monoisotopic (exact) mass is 358 g/mol. The lowest BCUT2D eigenvalue weighted by atomic mass is 10.1. The van der Waals surface area contributed by atoms with Crippen LogP contribution in [0.4, 0.5) is 4.79 Å². The van der Waals surface area contributed by atoms with Gasteiger partial charge < -0.3 is 10.6 Å². The van der Waals surface area contributed by atoms with Crippen LogP contribution in [-0.2, 0) is 16.1 Å². The maximum absolute atomic E-state index is 11.9. The summed E-state index contributed by atoms with van der Waals surface area (Å²) in [6, 6.07) is 6.73. The van der Waals surface area contributed by atoms with Crippen LogP contribution < -0.4 is 16.0 Å². The molecule has 25 heavy (non-hydrogen) atoms. The van der Waals surface area contributed by atoms with Crippen LogP contribution in [0, 0.1) is 6.92 Å². The summed E-state index contributed by atoms with van der Waals surface area (Å²) < 4.78 is 0. The van der Waals surface area contributed by atoms with Gasteiger partial charge in [0.2, 0.25) is 5.91 Å². The van der Waals surface area contributed by atoms with E-state index in [0.29, 0.717) is 6.54 Å². The zero-order valence-corrected chi connectivity index (χ0v) is 14.5. The molecule has 1 unspecified atom stereocenters. The molecule has 3 N–H and O–H groups in total. The highest BCUT2D eigenvalue weighted by molar-refractivity contribution is 7.09. The highest BCUT2D eigenvalue weighted by Gasteiger charge is 2.29. The van der Waals surface area contributed by atoms with E-state index >= 15 is 0 Å². The summed E-state index contributed by atoms with van der Waals surface area (Å²) in [5.74, 6) is -0.543. The number of hydrogen-bond donors (Lipinski definition) is 3. The van der Waals surface area contributed by atoms with Gasteiger partial charge in [-0.3, -0.25) is 14.9 Å². The molecule has 1 atom stereocenters. The molecule has 130 valence electrons. The Kier molecular flexibility index (Phi) is 5.08. The van der Waals surface area contributed by atoms with Gasteiger partial charge in [-0.15, -0.1) is 11.3 Å². The minimum atomic E-state index is -0.626. The molecule has 2 heterocycles. The average molecular weight is 358 g/mol. The van der Waals surface area contributed by atoms with Crippen molar-refractivity contribution in [3.05, 3.63) is 40.2 Å². The number of aryl methyl sites for hydroxylation is 1. The zero-order chi connectivity index (χ0) is 17.8. The van der Waals surface area contributed by atoms with Crippen LogP contribution in [0.1, 0.15) is 23.4 Å². The Labute approximate surface area is 148 Å². The maximum Gasteiger partial charge on any atom is 0.322 e. The van der Waals surface area contributed by atoms with E-state index in [2.05, 4.69) is 20.9 Å². The lowest BCUT2D eigenvalue weighted by Crippen LogP contribution is -2.31. The van der Waals surface area contributed by atoms with Crippen LogP contribution >= 0.6 is 11.3 Å². The van der Waals surface area contributed by atoms with Crippen LogP contribution in [0.2, 0.25) is 0 Å². The number of carbonyl (C=O) groups is 3. The molecule has 3 rings (SSSR count). The van der Waals surface area contributed by atoms with Gasteiger partial charge in [-0.1, -0.05) is 24.3 Å². The second-order valence-electron chi connectivity index (χ2n) is 5.78. The summed E-state index contributed by atoms with van der Waals surface area (Å²) in [7, 11) is 0. The quantitative estimate of drug-likeness (QED) is 0.685. The van der Waals surface area contributed by atoms with Gasteiger partial charge in [-0.05, 0) is 18.9 Å². The van der Waals surface area contributed by atoms with Gasteiger partial charge in [-0.25, -0.2) is 9.78 Å². The number of hydrogen-bond acceptors (Lipinski definition) is 5. The SMILES string of the molecule is Cc1nc(-c2ccc(CNC(=O)CCC3NC(=O)NC3=O)cc2)cs1. The molecule has 1 aromatic carbocycles. The van der Waals surface area contributed by atoms with E-state index in [4.69, 9.17) is 0 Å². The second kappa shape index (κ2) is 7.43. The van der Waals surface area contributed by atoms with E-state index in [9.17, 15) is 14.4 Å². The summed E-state index contributed by atoms with van der Waals surface area (Å²) in [4.78, 5) is 38.7. The molecule has 1 fully saturated rings. The van der Waals surface area contributed by atoms with Crippen LogP contribution in [-0.4, -0.2) is 28.9 Å². The van der Waals surface area contributed by atoms with E-state index in [1.165, 1.54) is 0 Å². The van der Waals surface area contributed by atoms with Gasteiger partial charge >= 0.3 is 6.03 Å². The van der Waals surface area contributed by atoms with Crippen LogP contribution in [0.25, 0.3) is 11.3 Å². The summed E-state index contributed by atoms with van der Waals surface area (Å²) >= 11 is 1.61. The van der Waals surface area contributed by atoms with E-state index in [1.54, 1.807) is 11.3 Å². The predicted molar refractivity (Wildman–Crippen MR) is 93.8 cm³/mol. The Morgan fingerprint density at radius 2 is 2.04 bits per heavy atom. The maximum atomic E-state index is 11.9. The van der Waals surface area contributed by atoms with Crippen molar-refractivity contribution in [2.24, 2.45) is 0 Å². The molecule has 0 spiro atoms. The molecule has 8 heteroatoms. The fourth-order valence-corrected chi connectivity index (χ4v) is 3.14. The predicted octanol–water partition coefficient (Wildman–Crippen LogP) is 1.72. The topological polar surface area (TPSA) is 100 Å². The standard InChI is InChI=1S/C17H18N4O3S/c1-10-19-14(9-25-10)12-4-2-11(3-5-12)8-18-15(22)7-6-13-16(23)21-17(24)20-13/h2-5,9,13H,6-8H2,1H3,(H,18,22)(H2,20,21,23,24). The fourth-order valence-electron chi connectivity index (χ4n) is 2.52. The lowest BCUT2D eigenvalue weighted by Gasteiger charge is -2.08. The summed E-state index contributed by atoms with van der Waals surface area (Å²) in [5, 5.41) is 10.5. The Morgan fingerprint density at radius 3 is 2.64 bits per heavy atom. The molecule has 1 aliphatic heterocycles. The second-order valence-corrected chi connectivity index (χ2v) is 6.84. The summed E-state index contributed by atoms with van der Waals surface area (Å²) in [5.41, 5.74) is 2.98. The molecule has 0 saturated carbocycles. The van der Waals surface area contributed by atoms with Crippen LogP contribution in [0.3, 0.4) is 0 Å².